The molecule has 18 heavy (non-hydrogen) atoms. The lowest BCUT2D eigenvalue weighted by Crippen LogP contribution is -2.26. The molecule has 2 rings (SSSR count). The van der Waals surface area contributed by atoms with Crippen molar-refractivity contribution in [1.29, 1.82) is 0 Å². The number of carbonyl (C=O) groups is 1. The zero-order valence-electron chi connectivity index (χ0n) is 9.48. The van der Waals surface area contributed by atoms with E-state index in [4.69, 9.17) is 23.2 Å². The van der Waals surface area contributed by atoms with E-state index in [-0.39, 0.29) is 11.9 Å². The summed E-state index contributed by atoms with van der Waals surface area (Å²) in [6.07, 6.45) is 0. The second kappa shape index (κ2) is 5.69. The maximum absolute atomic E-state index is 11.8. The number of nitrogens with zero attached hydrogens (tertiary/aromatic N) is 1. The molecule has 0 aliphatic carbocycles. The maximum Gasteiger partial charge on any atom is 0.271 e. The van der Waals surface area contributed by atoms with Crippen LogP contribution in [0.4, 0.5) is 0 Å². The van der Waals surface area contributed by atoms with Crippen LogP contribution in [0.15, 0.2) is 29.1 Å². The fraction of sp³-hybridized carbons (Fsp3) is 0.167. The molecule has 1 aromatic heterocycles. The zero-order valence-corrected chi connectivity index (χ0v) is 11.8. The fourth-order valence-corrected chi connectivity index (χ4v) is 2.30. The van der Waals surface area contributed by atoms with Crippen LogP contribution in [0.3, 0.4) is 0 Å². The number of aromatic nitrogens is 1. The quantitative estimate of drug-likeness (QED) is 0.933. The number of benzene rings is 1. The molecule has 6 heteroatoms. The van der Waals surface area contributed by atoms with Crippen LogP contribution < -0.4 is 5.32 Å². The number of thiazole rings is 1. The molecule has 94 valence electrons. The minimum Gasteiger partial charge on any atom is -0.344 e. The summed E-state index contributed by atoms with van der Waals surface area (Å²) >= 11 is 13.2. The summed E-state index contributed by atoms with van der Waals surface area (Å²) in [5, 5.41) is 5.53. The number of nitrogens with one attached hydrogen (secondary N) is 1. The predicted molar refractivity (Wildman–Crippen MR) is 74.5 cm³/mol. The Balaban J connectivity index is 2.10. The van der Waals surface area contributed by atoms with Crippen LogP contribution in [0.5, 0.6) is 0 Å². The summed E-state index contributed by atoms with van der Waals surface area (Å²) in [7, 11) is 0. The zero-order chi connectivity index (χ0) is 13.1. The van der Waals surface area contributed by atoms with Crippen molar-refractivity contribution in [3.8, 4) is 0 Å². The standard InChI is InChI=1S/C12H10Cl2N2OS/c1-7(8-2-3-9(13)10(14)4-8)16-12(17)11-5-18-6-15-11/h2-7H,1H3,(H,16,17). The largest absolute Gasteiger partial charge is 0.344 e. The van der Waals surface area contributed by atoms with Crippen molar-refractivity contribution >= 4 is 40.4 Å². The van der Waals surface area contributed by atoms with E-state index in [9.17, 15) is 4.79 Å². The Hall–Kier alpha value is -1.10. The molecule has 1 aromatic carbocycles. The minimum atomic E-state index is -0.199. The van der Waals surface area contributed by atoms with Crippen molar-refractivity contribution in [1.82, 2.24) is 10.3 Å². The molecule has 1 N–H and O–H groups in total. The third-order valence-corrected chi connectivity index (χ3v) is 3.78. The third kappa shape index (κ3) is 3.02. The minimum absolute atomic E-state index is 0.158. The van der Waals surface area contributed by atoms with Crippen molar-refractivity contribution < 1.29 is 4.79 Å². The van der Waals surface area contributed by atoms with Crippen molar-refractivity contribution in [2.24, 2.45) is 0 Å². The molecule has 0 fully saturated rings. The molecule has 1 unspecified atom stereocenters. The molecular weight excluding hydrogens is 291 g/mol. The Labute approximate surface area is 119 Å². The fourth-order valence-electron chi connectivity index (χ4n) is 1.46. The van der Waals surface area contributed by atoms with Gasteiger partial charge in [-0.05, 0) is 24.6 Å². The van der Waals surface area contributed by atoms with Crippen LogP contribution in [-0.2, 0) is 0 Å². The topological polar surface area (TPSA) is 42.0 Å². The Bertz CT molecular complexity index is 557. The van der Waals surface area contributed by atoms with Crippen LogP contribution in [0.2, 0.25) is 10.0 Å². The van der Waals surface area contributed by atoms with E-state index >= 15 is 0 Å². The van der Waals surface area contributed by atoms with Gasteiger partial charge in [0.25, 0.3) is 5.91 Å². The lowest BCUT2D eigenvalue weighted by atomic mass is 10.1. The second-order valence-electron chi connectivity index (χ2n) is 3.74. The molecule has 0 spiro atoms. The van der Waals surface area contributed by atoms with E-state index in [0.29, 0.717) is 15.7 Å². The van der Waals surface area contributed by atoms with Gasteiger partial charge in [-0.3, -0.25) is 4.79 Å². The monoisotopic (exact) mass is 300 g/mol. The Morgan fingerprint density at radius 1 is 1.39 bits per heavy atom. The number of halogens is 2. The number of hydrogen-bond donors (Lipinski definition) is 1. The van der Waals surface area contributed by atoms with E-state index in [0.717, 1.165) is 5.56 Å². The van der Waals surface area contributed by atoms with Crippen LogP contribution in [0, 0.1) is 0 Å². The summed E-state index contributed by atoms with van der Waals surface area (Å²) in [4.78, 5) is 15.8. The predicted octanol–water partition coefficient (Wildman–Crippen LogP) is 3.94. The van der Waals surface area contributed by atoms with Crippen LogP contribution in [0.1, 0.15) is 29.0 Å². The first-order valence-corrected chi connectivity index (χ1v) is 6.92. The summed E-state index contributed by atoms with van der Waals surface area (Å²) in [6.45, 7) is 1.88. The number of amides is 1. The molecular formula is C12H10Cl2N2OS. The van der Waals surface area contributed by atoms with E-state index in [1.54, 1.807) is 23.0 Å². The van der Waals surface area contributed by atoms with Gasteiger partial charge in [0.05, 0.1) is 21.6 Å². The second-order valence-corrected chi connectivity index (χ2v) is 5.28. The number of rotatable bonds is 3. The van der Waals surface area contributed by atoms with Gasteiger partial charge in [0.15, 0.2) is 0 Å². The van der Waals surface area contributed by atoms with E-state index in [1.807, 2.05) is 13.0 Å². The van der Waals surface area contributed by atoms with Gasteiger partial charge in [-0.15, -0.1) is 11.3 Å². The number of carbonyl (C=O) groups excluding carboxylic acids is 1. The smallest absolute Gasteiger partial charge is 0.271 e. The van der Waals surface area contributed by atoms with Crippen molar-refractivity contribution in [3.05, 3.63) is 50.4 Å². The van der Waals surface area contributed by atoms with Crippen LogP contribution >= 0.6 is 34.5 Å². The first kappa shape index (κ1) is 13.3. The lowest BCUT2D eigenvalue weighted by molar-refractivity contribution is 0.0935. The first-order valence-electron chi connectivity index (χ1n) is 5.22. The van der Waals surface area contributed by atoms with Crippen LogP contribution in [0.25, 0.3) is 0 Å². The molecule has 1 heterocycles. The Morgan fingerprint density at radius 2 is 2.17 bits per heavy atom. The van der Waals surface area contributed by atoms with E-state index < -0.39 is 0 Å². The Morgan fingerprint density at radius 3 is 2.78 bits per heavy atom. The summed E-state index contributed by atoms with van der Waals surface area (Å²) in [5.41, 5.74) is 2.94. The van der Waals surface area contributed by atoms with Gasteiger partial charge >= 0.3 is 0 Å². The SMILES string of the molecule is CC(NC(=O)c1cscn1)c1ccc(Cl)c(Cl)c1. The molecule has 0 radical (unpaired) electrons. The highest BCUT2D eigenvalue weighted by molar-refractivity contribution is 7.07. The van der Waals surface area contributed by atoms with Gasteiger partial charge in [-0.25, -0.2) is 4.98 Å². The van der Waals surface area contributed by atoms with Gasteiger partial charge in [-0.1, -0.05) is 29.3 Å². The van der Waals surface area contributed by atoms with E-state index in [2.05, 4.69) is 10.3 Å². The average Bonchev–Trinajstić information content (AvgIpc) is 2.86. The van der Waals surface area contributed by atoms with Gasteiger partial charge in [0.2, 0.25) is 0 Å². The molecule has 2 aromatic rings. The average molecular weight is 301 g/mol. The van der Waals surface area contributed by atoms with Gasteiger partial charge in [0, 0.05) is 5.38 Å². The van der Waals surface area contributed by atoms with Crippen molar-refractivity contribution in [2.75, 3.05) is 0 Å². The number of hydrogen-bond acceptors (Lipinski definition) is 3. The highest BCUT2D eigenvalue weighted by Gasteiger charge is 2.13. The van der Waals surface area contributed by atoms with Gasteiger partial charge in [-0.2, -0.15) is 0 Å². The van der Waals surface area contributed by atoms with Crippen molar-refractivity contribution in [2.45, 2.75) is 13.0 Å². The molecule has 1 amide bonds. The molecule has 0 aliphatic rings. The molecule has 0 aliphatic heterocycles. The summed E-state index contributed by atoms with van der Waals surface area (Å²) < 4.78 is 0. The van der Waals surface area contributed by atoms with Crippen molar-refractivity contribution in [3.63, 3.8) is 0 Å². The molecule has 1 atom stereocenters. The molecule has 0 bridgehead atoms. The lowest BCUT2D eigenvalue weighted by Gasteiger charge is -2.14. The summed E-state index contributed by atoms with van der Waals surface area (Å²) in [6, 6.07) is 5.13. The maximum atomic E-state index is 11.8. The first-order chi connectivity index (χ1) is 8.58. The Kier molecular flexibility index (Phi) is 4.22. The highest BCUT2D eigenvalue weighted by atomic mass is 35.5. The summed E-state index contributed by atoms with van der Waals surface area (Å²) in [5.74, 6) is -0.199. The van der Waals surface area contributed by atoms with Crippen LogP contribution in [-0.4, -0.2) is 10.9 Å². The third-order valence-electron chi connectivity index (χ3n) is 2.46. The van der Waals surface area contributed by atoms with Gasteiger partial charge in [0.1, 0.15) is 5.69 Å². The molecule has 3 nitrogen and oxygen atoms in total. The molecule has 0 saturated heterocycles. The van der Waals surface area contributed by atoms with E-state index in [1.165, 1.54) is 11.3 Å². The molecule has 0 saturated carbocycles. The normalized spacial score (nSPS) is 12.2. The van der Waals surface area contributed by atoms with Gasteiger partial charge < -0.3 is 5.32 Å². The highest BCUT2D eigenvalue weighted by Crippen LogP contribution is 2.25.